The van der Waals surface area contributed by atoms with Crippen molar-refractivity contribution >= 4 is 48.1 Å². The van der Waals surface area contributed by atoms with E-state index in [-0.39, 0.29) is 5.91 Å². The molecular formula is C18H19NOS2. The minimum Gasteiger partial charge on any atom is -0.335 e. The van der Waals surface area contributed by atoms with E-state index in [4.69, 9.17) is 0 Å². The fourth-order valence-electron chi connectivity index (χ4n) is 2.91. The van der Waals surface area contributed by atoms with Gasteiger partial charge in [-0.3, -0.25) is 4.79 Å². The molecule has 22 heavy (non-hydrogen) atoms. The summed E-state index contributed by atoms with van der Waals surface area (Å²) in [4.78, 5) is 15.9. The molecule has 4 heteroatoms. The first-order valence-corrected chi connectivity index (χ1v) is 9.63. The SMILES string of the molecule is CCCCN(C(=O)c1cc2sc3ccccc3c2s1)C1CC1. The molecule has 3 aromatic rings. The van der Waals surface area contributed by atoms with Gasteiger partial charge in [-0.25, -0.2) is 0 Å². The molecule has 1 fully saturated rings. The number of rotatable bonds is 5. The number of amides is 1. The molecule has 1 aromatic carbocycles. The molecule has 2 nitrogen and oxygen atoms in total. The number of hydrogen-bond donors (Lipinski definition) is 0. The van der Waals surface area contributed by atoms with Crippen LogP contribution in [0.2, 0.25) is 0 Å². The Morgan fingerprint density at radius 3 is 2.82 bits per heavy atom. The molecule has 0 radical (unpaired) electrons. The zero-order chi connectivity index (χ0) is 15.1. The molecule has 1 amide bonds. The van der Waals surface area contributed by atoms with E-state index in [0.29, 0.717) is 6.04 Å². The summed E-state index contributed by atoms with van der Waals surface area (Å²) >= 11 is 3.46. The van der Waals surface area contributed by atoms with Crippen molar-refractivity contribution in [3.63, 3.8) is 0 Å². The van der Waals surface area contributed by atoms with Gasteiger partial charge in [-0.2, -0.15) is 0 Å². The lowest BCUT2D eigenvalue weighted by molar-refractivity contribution is 0.0746. The van der Waals surface area contributed by atoms with E-state index in [1.165, 1.54) is 32.3 Å². The summed E-state index contributed by atoms with van der Waals surface area (Å²) in [7, 11) is 0. The van der Waals surface area contributed by atoms with Crippen molar-refractivity contribution in [2.75, 3.05) is 6.54 Å². The van der Waals surface area contributed by atoms with Crippen molar-refractivity contribution in [3.05, 3.63) is 35.2 Å². The van der Waals surface area contributed by atoms with Gasteiger partial charge in [0, 0.05) is 27.4 Å². The highest BCUT2D eigenvalue weighted by Crippen LogP contribution is 2.40. The summed E-state index contributed by atoms with van der Waals surface area (Å²) in [5.74, 6) is 0.244. The summed E-state index contributed by atoms with van der Waals surface area (Å²) in [5, 5.41) is 1.29. The first-order valence-electron chi connectivity index (χ1n) is 8.00. The second kappa shape index (κ2) is 5.67. The Labute approximate surface area is 138 Å². The summed E-state index contributed by atoms with van der Waals surface area (Å²) in [5.41, 5.74) is 0. The predicted octanol–water partition coefficient (Wildman–Crippen LogP) is 5.52. The van der Waals surface area contributed by atoms with Gasteiger partial charge in [0.05, 0.1) is 9.58 Å². The molecule has 2 aromatic heterocycles. The lowest BCUT2D eigenvalue weighted by Gasteiger charge is -2.21. The molecule has 2 heterocycles. The standard InChI is InChI=1S/C18H19NOS2/c1-2-3-10-19(12-8-9-12)18(20)16-11-15-17(22-16)13-6-4-5-7-14(13)21-15/h4-7,11-12H,2-3,8-10H2,1H3. The van der Waals surface area contributed by atoms with Gasteiger partial charge in [0.15, 0.2) is 0 Å². The monoisotopic (exact) mass is 329 g/mol. The van der Waals surface area contributed by atoms with E-state index < -0.39 is 0 Å². The van der Waals surface area contributed by atoms with E-state index in [0.717, 1.165) is 24.3 Å². The topological polar surface area (TPSA) is 20.3 Å². The van der Waals surface area contributed by atoms with Crippen LogP contribution in [0, 0.1) is 0 Å². The number of hydrogen-bond acceptors (Lipinski definition) is 3. The molecule has 0 saturated heterocycles. The average molecular weight is 329 g/mol. The van der Waals surface area contributed by atoms with Gasteiger partial charge in [0.25, 0.3) is 5.91 Å². The highest BCUT2D eigenvalue weighted by Gasteiger charge is 2.33. The minimum absolute atomic E-state index is 0.244. The quantitative estimate of drug-likeness (QED) is 0.603. The second-order valence-electron chi connectivity index (χ2n) is 5.99. The Morgan fingerprint density at radius 2 is 2.05 bits per heavy atom. The third kappa shape index (κ3) is 2.44. The van der Waals surface area contributed by atoms with Gasteiger partial charge in [0.1, 0.15) is 0 Å². The van der Waals surface area contributed by atoms with Crippen LogP contribution in [-0.2, 0) is 0 Å². The summed E-state index contributed by atoms with van der Waals surface area (Å²) in [6, 6.07) is 11.1. The van der Waals surface area contributed by atoms with Crippen molar-refractivity contribution < 1.29 is 4.79 Å². The number of benzene rings is 1. The Balaban J connectivity index is 1.68. The van der Waals surface area contributed by atoms with Crippen LogP contribution < -0.4 is 0 Å². The third-order valence-electron chi connectivity index (χ3n) is 4.26. The highest BCUT2D eigenvalue weighted by atomic mass is 32.1. The maximum absolute atomic E-state index is 12.9. The third-order valence-corrected chi connectivity index (χ3v) is 6.66. The van der Waals surface area contributed by atoms with Crippen LogP contribution in [0.4, 0.5) is 0 Å². The number of carbonyl (C=O) groups is 1. The van der Waals surface area contributed by atoms with Crippen LogP contribution >= 0.6 is 22.7 Å². The molecule has 0 unspecified atom stereocenters. The smallest absolute Gasteiger partial charge is 0.264 e. The van der Waals surface area contributed by atoms with Gasteiger partial charge in [-0.15, -0.1) is 22.7 Å². The Morgan fingerprint density at radius 1 is 1.23 bits per heavy atom. The van der Waals surface area contributed by atoms with Crippen molar-refractivity contribution in [1.82, 2.24) is 4.90 Å². The molecule has 0 atom stereocenters. The number of fused-ring (bicyclic) bond motifs is 3. The van der Waals surface area contributed by atoms with Gasteiger partial charge >= 0.3 is 0 Å². The number of carbonyl (C=O) groups excluding carboxylic acids is 1. The number of thiophene rings is 2. The van der Waals surface area contributed by atoms with E-state index in [9.17, 15) is 4.79 Å². The van der Waals surface area contributed by atoms with Crippen LogP contribution in [0.5, 0.6) is 0 Å². The van der Waals surface area contributed by atoms with Crippen LogP contribution in [0.3, 0.4) is 0 Å². The van der Waals surface area contributed by atoms with Crippen molar-refractivity contribution in [2.45, 2.75) is 38.6 Å². The molecule has 0 N–H and O–H groups in total. The predicted molar refractivity (Wildman–Crippen MR) is 96.2 cm³/mol. The van der Waals surface area contributed by atoms with E-state index in [1.54, 1.807) is 22.7 Å². The maximum atomic E-state index is 12.9. The zero-order valence-corrected chi connectivity index (χ0v) is 14.3. The molecule has 0 bridgehead atoms. The maximum Gasteiger partial charge on any atom is 0.264 e. The van der Waals surface area contributed by atoms with Crippen molar-refractivity contribution in [2.24, 2.45) is 0 Å². The van der Waals surface area contributed by atoms with Crippen molar-refractivity contribution in [1.29, 1.82) is 0 Å². The average Bonchev–Trinajstić information content (AvgIpc) is 3.18. The molecule has 114 valence electrons. The molecule has 1 saturated carbocycles. The molecule has 4 rings (SSSR count). The Bertz CT molecular complexity index is 828. The summed E-state index contributed by atoms with van der Waals surface area (Å²) in [6.45, 7) is 3.09. The normalized spacial score (nSPS) is 14.8. The van der Waals surface area contributed by atoms with Gasteiger partial charge in [0.2, 0.25) is 0 Å². The first-order chi connectivity index (χ1) is 10.8. The lowest BCUT2D eigenvalue weighted by Crippen LogP contribution is -2.33. The first kappa shape index (κ1) is 14.2. The van der Waals surface area contributed by atoms with Gasteiger partial charge < -0.3 is 4.90 Å². The van der Waals surface area contributed by atoms with Crippen LogP contribution in [0.1, 0.15) is 42.3 Å². The van der Waals surface area contributed by atoms with Crippen LogP contribution in [-0.4, -0.2) is 23.4 Å². The van der Waals surface area contributed by atoms with Crippen molar-refractivity contribution in [3.8, 4) is 0 Å². The highest BCUT2D eigenvalue weighted by molar-refractivity contribution is 7.33. The molecular weight excluding hydrogens is 310 g/mol. The summed E-state index contributed by atoms with van der Waals surface area (Å²) < 4.78 is 3.84. The van der Waals surface area contributed by atoms with E-state index >= 15 is 0 Å². The minimum atomic E-state index is 0.244. The second-order valence-corrected chi connectivity index (χ2v) is 8.12. The molecule has 0 aliphatic heterocycles. The molecule has 0 spiro atoms. The Kier molecular flexibility index (Phi) is 3.66. The number of unbranched alkanes of at least 4 members (excludes halogenated alkanes) is 1. The van der Waals surface area contributed by atoms with E-state index in [2.05, 4.69) is 42.2 Å². The fourth-order valence-corrected chi connectivity index (χ4v) is 5.39. The zero-order valence-electron chi connectivity index (χ0n) is 12.7. The number of nitrogens with zero attached hydrogens (tertiary/aromatic N) is 1. The van der Waals surface area contributed by atoms with Gasteiger partial charge in [-0.1, -0.05) is 31.5 Å². The molecule has 1 aliphatic rings. The summed E-state index contributed by atoms with van der Waals surface area (Å²) in [6.07, 6.45) is 4.60. The van der Waals surface area contributed by atoms with E-state index in [1.807, 2.05) is 0 Å². The molecule has 1 aliphatic carbocycles. The van der Waals surface area contributed by atoms with Crippen LogP contribution in [0.15, 0.2) is 30.3 Å². The fraction of sp³-hybridized carbons (Fsp3) is 0.389. The van der Waals surface area contributed by atoms with Gasteiger partial charge in [-0.05, 0) is 31.4 Å². The largest absolute Gasteiger partial charge is 0.335 e. The lowest BCUT2D eigenvalue weighted by atomic mass is 10.2. The Hall–Kier alpha value is -1.39. The van der Waals surface area contributed by atoms with Crippen LogP contribution in [0.25, 0.3) is 19.5 Å².